The number of carbonyl (C=O) groups excluding carboxylic acids is 1. The summed E-state index contributed by atoms with van der Waals surface area (Å²) < 4.78 is 18.7. The molecule has 0 saturated carbocycles. The highest BCUT2D eigenvalue weighted by Crippen LogP contribution is 2.24. The van der Waals surface area contributed by atoms with Gasteiger partial charge in [-0.05, 0) is 36.4 Å². The van der Waals surface area contributed by atoms with Gasteiger partial charge in [0.1, 0.15) is 11.6 Å². The molecule has 0 spiro atoms. The van der Waals surface area contributed by atoms with Crippen LogP contribution in [0, 0.1) is 5.82 Å². The van der Waals surface area contributed by atoms with E-state index < -0.39 is 11.7 Å². The molecule has 0 unspecified atom stereocenters. The molecule has 2 aromatic carbocycles. The first-order chi connectivity index (χ1) is 9.51. The van der Waals surface area contributed by atoms with Crippen LogP contribution < -0.4 is 15.8 Å². The predicted octanol–water partition coefficient (Wildman–Crippen LogP) is 3.32. The van der Waals surface area contributed by atoms with Crippen LogP contribution in [-0.4, -0.2) is 13.0 Å². The molecule has 0 radical (unpaired) electrons. The van der Waals surface area contributed by atoms with Crippen molar-refractivity contribution in [2.45, 2.75) is 0 Å². The number of halogens is 2. The molecule has 0 aliphatic rings. The van der Waals surface area contributed by atoms with E-state index in [1.54, 1.807) is 12.1 Å². The van der Waals surface area contributed by atoms with Gasteiger partial charge in [-0.2, -0.15) is 0 Å². The van der Waals surface area contributed by atoms with E-state index in [2.05, 4.69) is 5.32 Å². The highest BCUT2D eigenvalue weighted by atomic mass is 35.5. The van der Waals surface area contributed by atoms with Crippen LogP contribution in [0.1, 0.15) is 10.4 Å². The van der Waals surface area contributed by atoms with Gasteiger partial charge >= 0.3 is 0 Å². The number of nitrogens with one attached hydrogen (secondary N) is 1. The fraction of sp³-hybridized carbons (Fsp3) is 0.0714. The molecule has 4 nitrogen and oxygen atoms in total. The molecule has 0 aromatic heterocycles. The summed E-state index contributed by atoms with van der Waals surface area (Å²) in [6, 6.07) is 8.53. The largest absolute Gasteiger partial charge is 0.496 e. The van der Waals surface area contributed by atoms with Crippen LogP contribution >= 0.6 is 11.6 Å². The number of carbonyl (C=O) groups is 1. The van der Waals surface area contributed by atoms with Crippen LogP contribution in [0.2, 0.25) is 5.02 Å². The maximum atomic E-state index is 13.6. The lowest BCUT2D eigenvalue weighted by molar-refractivity contribution is 0.102. The minimum atomic E-state index is -0.578. The van der Waals surface area contributed by atoms with E-state index in [4.69, 9.17) is 22.1 Å². The molecule has 0 aliphatic heterocycles. The molecular formula is C14H12ClFN2O2. The quantitative estimate of drug-likeness (QED) is 0.854. The molecule has 0 aliphatic carbocycles. The third-order valence-corrected chi connectivity index (χ3v) is 2.88. The molecule has 0 bridgehead atoms. The van der Waals surface area contributed by atoms with Gasteiger partial charge in [-0.15, -0.1) is 0 Å². The average Bonchev–Trinajstić information content (AvgIpc) is 2.42. The number of amides is 1. The van der Waals surface area contributed by atoms with Crippen LogP contribution in [0.5, 0.6) is 5.75 Å². The standard InChI is InChI=1S/C14H12ClFN2O2/c1-20-13-5-3-9(17)7-10(13)14(19)18-12-6-8(15)2-4-11(12)16/h2-7H,17H2,1H3,(H,18,19). The first-order valence-electron chi connectivity index (χ1n) is 5.71. The van der Waals surface area contributed by atoms with Crippen molar-refractivity contribution >= 4 is 28.9 Å². The van der Waals surface area contributed by atoms with E-state index in [9.17, 15) is 9.18 Å². The molecule has 0 fully saturated rings. The van der Waals surface area contributed by atoms with Crippen molar-refractivity contribution in [1.29, 1.82) is 0 Å². The molecule has 2 aromatic rings. The fourth-order valence-corrected chi connectivity index (χ4v) is 1.86. The van der Waals surface area contributed by atoms with Gasteiger partial charge in [0.25, 0.3) is 5.91 Å². The summed E-state index contributed by atoms with van der Waals surface area (Å²) in [5.74, 6) is -0.764. The number of nitrogen functional groups attached to an aromatic ring is 1. The molecule has 0 atom stereocenters. The van der Waals surface area contributed by atoms with E-state index in [1.165, 1.54) is 31.4 Å². The van der Waals surface area contributed by atoms with E-state index in [-0.39, 0.29) is 11.3 Å². The normalized spacial score (nSPS) is 10.2. The zero-order valence-electron chi connectivity index (χ0n) is 10.6. The number of ether oxygens (including phenoxy) is 1. The minimum Gasteiger partial charge on any atom is -0.496 e. The van der Waals surface area contributed by atoms with Crippen molar-refractivity contribution in [3.8, 4) is 5.75 Å². The fourth-order valence-electron chi connectivity index (χ4n) is 1.69. The van der Waals surface area contributed by atoms with Gasteiger partial charge in [0.15, 0.2) is 0 Å². The van der Waals surface area contributed by atoms with Crippen molar-refractivity contribution in [3.63, 3.8) is 0 Å². The second-order valence-electron chi connectivity index (χ2n) is 4.04. The second kappa shape index (κ2) is 5.79. The number of benzene rings is 2. The summed E-state index contributed by atoms with van der Waals surface area (Å²) in [7, 11) is 1.43. The maximum Gasteiger partial charge on any atom is 0.259 e. The summed E-state index contributed by atoms with van der Waals surface area (Å²) in [6.07, 6.45) is 0. The van der Waals surface area contributed by atoms with E-state index in [0.29, 0.717) is 16.5 Å². The van der Waals surface area contributed by atoms with Gasteiger partial charge in [0.05, 0.1) is 18.4 Å². The summed E-state index contributed by atoms with van der Waals surface area (Å²) in [5, 5.41) is 2.76. The van der Waals surface area contributed by atoms with Crippen LogP contribution in [-0.2, 0) is 0 Å². The number of rotatable bonds is 3. The van der Waals surface area contributed by atoms with Gasteiger partial charge in [-0.1, -0.05) is 11.6 Å². The highest BCUT2D eigenvalue weighted by molar-refractivity contribution is 6.31. The van der Waals surface area contributed by atoms with Gasteiger partial charge in [-0.3, -0.25) is 4.79 Å². The number of hydrogen-bond donors (Lipinski definition) is 2. The van der Waals surface area contributed by atoms with Crippen molar-refractivity contribution in [3.05, 3.63) is 52.8 Å². The zero-order chi connectivity index (χ0) is 14.7. The Kier molecular flexibility index (Phi) is 4.10. The van der Waals surface area contributed by atoms with E-state index >= 15 is 0 Å². The number of hydrogen-bond acceptors (Lipinski definition) is 3. The molecule has 3 N–H and O–H groups in total. The van der Waals surface area contributed by atoms with Crippen LogP contribution in [0.25, 0.3) is 0 Å². The third kappa shape index (κ3) is 3.00. The Morgan fingerprint density at radius 1 is 1.30 bits per heavy atom. The molecule has 1 amide bonds. The minimum absolute atomic E-state index is 0.00743. The molecule has 0 heterocycles. The van der Waals surface area contributed by atoms with Gasteiger partial charge in [0.2, 0.25) is 0 Å². The van der Waals surface area contributed by atoms with Crippen molar-refractivity contribution in [2.24, 2.45) is 0 Å². The Balaban J connectivity index is 2.32. The summed E-state index contributed by atoms with van der Waals surface area (Å²) in [6.45, 7) is 0. The smallest absolute Gasteiger partial charge is 0.259 e. The molecule has 2 rings (SSSR count). The van der Waals surface area contributed by atoms with Gasteiger partial charge in [0, 0.05) is 10.7 Å². The first kappa shape index (κ1) is 14.1. The number of nitrogens with two attached hydrogens (primary N) is 1. The number of methoxy groups -OCH3 is 1. The molecule has 6 heteroatoms. The lowest BCUT2D eigenvalue weighted by Crippen LogP contribution is -2.14. The highest BCUT2D eigenvalue weighted by Gasteiger charge is 2.15. The zero-order valence-corrected chi connectivity index (χ0v) is 11.4. The van der Waals surface area contributed by atoms with Crippen molar-refractivity contribution in [1.82, 2.24) is 0 Å². The Bertz CT molecular complexity index is 662. The van der Waals surface area contributed by atoms with Crippen LogP contribution in [0.15, 0.2) is 36.4 Å². The van der Waals surface area contributed by atoms with Gasteiger partial charge < -0.3 is 15.8 Å². The Labute approximate surface area is 120 Å². The van der Waals surface area contributed by atoms with Crippen LogP contribution in [0.4, 0.5) is 15.8 Å². The summed E-state index contributed by atoms with van der Waals surface area (Å²) in [5.41, 5.74) is 6.25. The molecular weight excluding hydrogens is 283 g/mol. The third-order valence-electron chi connectivity index (χ3n) is 2.64. The van der Waals surface area contributed by atoms with E-state index in [1.807, 2.05) is 0 Å². The average molecular weight is 295 g/mol. The topological polar surface area (TPSA) is 64.3 Å². The SMILES string of the molecule is COc1ccc(N)cc1C(=O)Nc1cc(Cl)ccc1F. The number of anilines is 2. The van der Waals surface area contributed by atoms with Crippen LogP contribution in [0.3, 0.4) is 0 Å². The summed E-state index contributed by atoms with van der Waals surface area (Å²) in [4.78, 5) is 12.2. The molecule has 20 heavy (non-hydrogen) atoms. The molecule has 0 saturated heterocycles. The Hall–Kier alpha value is -2.27. The monoisotopic (exact) mass is 294 g/mol. The van der Waals surface area contributed by atoms with Crippen molar-refractivity contribution < 1.29 is 13.9 Å². The van der Waals surface area contributed by atoms with Gasteiger partial charge in [-0.25, -0.2) is 4.39 Å². The Morgan fingerprint density at radius 2 is 2.05 bits per heavy atom. The lowest BCUT2D eigenvalue weighted by atomic mass is 10.1. The molecule has 104 valence electrons. The summed E-state index contributed by atoms with van der Waals surface area (Å²) >= 11 is 5.77. The predicted molar refractivity (Wildman–Crippen MR) is 76.8 cm³/mol. The van der Waals surface area contributed by atoms with Crippen molar-refractivity contribution in [2.75, 3.05) is 18.2 Å². The second-order valence-corrected chi connectivity index (χ2v) is 4.47. The lowest BCUT2D eigenvalue weighted by Gasteiger charge is -2.10. The maximum absolute atomic E-state index is 13.6. The first-order valence-corrected chi connectivity index (χ1v) is 6.09. The van der Waals surface area contributed by atoms with E-state index in [0.717, 1.165) is 0 Å². The Morgan fingerprint density at radius 3 is 2.75 bits per heavy atom.